The number of rotatable bonds is 6. The van der Waals surface area contributed by atoms with E-state index in [2.05, 4.69) is 15.3 Å². The number of benzene rings is 2. The smallest absolute Gasteiger partial charge is 0.424 e. The number of pyridine rings is 1. The van der Waals surface area contributed by atoms with Gasteiger partial charge in [0.1, 0.15) is 17.3 Å². The highest BCUT2D eigenvalue weighted by molar-refractivity contribution is 6.31. The third kappa shape index (κ3) is 4.77. The number of alkyl halides is 3. The monoisotopic (exact) mass is 538 g/mol. The van der Waals surface area contributed by atoms with Crippen molar-refractivity contribution in [3.05, 3.63) is 81.1 Å². The van der Waals surface area contributed by atoms with E-state index in [0.29, 0.717) is 11.0 Å². The Morgan fingerprint density at radius 3 is 2.57 bits per heavy atom. The number of hydrogen-bond donors (Lipinski definition) is 3. The van der Waals surface area contributed by atoms with Crippen molar-refractivity contribution in [2.24, 2.45) is 7.05 Å². The van der Waals surface area contributed by atoms with Gasteiger partial charge in [0.15, 0.2) is 0 Å². The molecule has 0 aliphatic rings. The van der Waals surface area contributed by atoms with Crippen LogP contribution in [0.15, 0.2) is 53.3 Å². The number of aromatic amines is 1. The van der Waals surface area contributed by atoms with Gasteiger partial charge in [-0.2, -0.15) is 13.2 Å². The number of methoxy groups -OCH3 is 1. The van der Waals surface area contributed by atoms with Crippen LogP contribution in [0.1, 0.15) is 16.1 Å². The number of aromatic nitrogens is 3. The predicted octanol–water partition coefficient (Wildman–Crippen LogP) is 3.91. The van der Waals surface area contributed by atoms with E-state index in [1.54, 1.807) is 0 Å². The number of imidazole rings is 1. The molecule has 4 rings (SSSR count). The Hall–Kier alpha value is -3.90. The Kier molecular flexibility index (Phi) is 6.74. The second-order valence-electron chi connectivity index (χ2n) is 8.14. The molecule has 37 heavy (non-hydrogen) atoms. The summed E-state index contributed by atoms with van der Waals surface area (Å²) in [5, 5.41) is 12.6. The molecule has 0 spiro atoms. The summed E-state index contributed by atoms with van der Waals surface area (Å²) < 4.78 is 62.5. The number of amides is 1. The molecule has 0 saturated carbocycles. The summed E-state index contributed by atoms with van der Waals surface area (Å²) in [7, 11) is 2.78. The predicted molar refractivity (Wildman–Crippen MR) is 127 cm³/mol. The second-order valence-corrected chi connectivity index (χ2v) is 8.55. The van der Waals surface area contributed by atoms with Gasteiger partial charge in [0.2, 0.25) is 5.60 Å². The number of halogens is 5. The number of H-pyrrole nitrogens is 1. The van der Waals surface area contributed by atoms with E-state index >= 15 is 0 Å². The fraction of sp³-hybridized carbons (Fsp3) is 0.208. The highest BCUT2D eigenvalue weighted by Gasteiger charge is 2.56. The van der Waals surface area contributed by atoms with Gasteiger partial charge in [-0.25, -0.2) is 14.2 Å². The number of hydrogen-bond acceptors (Lipinski definition) is 5. The third-order valence-electron chi connectivity index (χ3n) is 5.83. The van der Waals surface area contributed by atoms with Crippen LogP contribution in [-0.2, 0) is 12.6 Å². The number of carbonyl (C=O) groups excluding carboxylic acids is 1. The van der Waals surface area contributed by atoms with Gasteiger partial charge in [0, 0.05) is 18.2 Å². The SMILES string of the molecule is COc1ccc(C(O)(CNC(=O)c2ccc3c(c2)[nH]c(=O)n3C)C(F)(F)F)nc1-c1ccc(F)c(Cl)c1. The molecule has 1 amide bonds. The number of nitrogens with one attached hydrogen (secondary N) is 2. The van der Waals surface area contributed by atoms with Gasteiger partial charge >= 0.3 is 11.9 Å². The van der Waals surface area contributed by atoms with Gasteiger partial charge in [-0.05, 0) is 48.5 Å². The van der Waals surface area contributed by atoms with Crippen molar-refractivity contribution in [3.8, 4) is 17.0 Å². The van der Waals surface area contributed by atoms with Crippen molar-refractivity contribution in [1.82, 2.24) is 19.9 Å². The van der Waals surface area contributed by atoms with Crippen LogP contribution in [0.2, 0.25) is 5.02 Å². The molecule has 0 radical (unpaired) electrons. The van der Waals surface area contributed by atoms with Crippen LogP contribution in [0.25, 0.3) is 22.3 Å². The molecule has 2 aromatic heterocycles. The number of carbonyl (C=O) groups is 1. The van der Waals surface area contributed by atoms with Crippen LogP contribution in [0.4, 0.5) is 17.6 Å². The van der Waals surface area contributed by atoms with E-state index in [-0.39, 0.29) is 27.6 Å². The third-order valence-corrected chi connectivity index (χ3v) is 6.12. The fourth-order valence-corrected chi connectivity index (χ4v) is 3.90. The summed E-state index contributed by atoms with van der Waals surface area (Å²) in [5.41, 5.74) is -4.09. The molecular weight excluding hydrogens is 520 g/mol. The first kappa shape index (κ1) is 26.2. The lowest BCUT2D eigenvalue weighted by Crippen LogP contribution is -2.51. The van der Waals surface area contributed by atoms with Crippen LogP contribution in [-0.4, -0.2) is 45.4 Å². The van der Waals surface area contributed by atoms with Crippen molar-refractivity contribution < 1.29 is 32.2 Å². The first-order valence-corrected chi connectivity index (χ1v) is 11.0. The Bertz CT molecular complexity index is 1570. The quantitative estimate of drug-likeness (QED) is 0.323. The fourth-order valence-electron chi connectivity index (χ4n) is 3.72. The van der Waals surface area contributed by atoms with Gasteiger partial charge in [-0.3, -0.25) is 9.36 Å². The highest BCUT2D eigenvalue weighted by atomic mass is 35.5. The largest absolute Gasteiger partial charge is 0.494 e. The minimum Gasteiger partial charge on any atom is -0.494 e. The van der Waals surface area contributed by atoms with Crippen molar-refractivity contribution in [3.63, 3.8) is 0 Å². The summed E-state index contributed by atoms with van der Waals surface area (Å²) in [6.45, 7) is -1.28. The Labute approximate surface area is 211 Å². The Morgan fingerprint density at radius 2 is 1.92 bits per heavy atom. The lowest BCUT2D eigenvalue weighted by Gasteiger charge is -2.30. The van der Waals surface area contributed by atoms with E-state index in [4.69, 9.17) is 16.3 Å². The average molecular weight is 539 g/mol. The first-order chi connectivity index (χ1) is 17.4. The summed E-state index contributed by atoms with van der Waals surface area (Å²) in [4.78, 5) is 30.9. The van der Waals surface area contributed by atoms with Gasteiger partial charge in [-0.15, -0.1) is 0 Å². The molecule has 0 fully saturated rings. The minimum absolute atomic E-state index is 0.0387. The standard InChI is InChI=1S/C24H19ClF4N4O4/c1-33-17-6-4-13(10-16(17)31-22(33)35)21(34)30-11-23(36,24(27,28)29)19-8-7-18(37-2)20(32-19)12-3-5-15(26)14(25)9-12/h3-10,36H,11H2,1-2H3,(H,30,34)(H,31,35). The molecule has 0 aliphatic carbocycles. The minimum atomic E-state index is -5.26. The van der Waals surface area contributed by atoms with Gasteiger partial charge in [0.05, 0.1) is 35.4 Å². The number of ether oxygens (including phenoxy) is 1. The van der Waals surface area contributed by atoms with Crippen LogP contribution < -0.4 is 15.7 Å². The number of aryl methyl sites for hydroxylation is 1. The maximum Gasteiger partial charge on any atom is 0.424 e. The maximum atomic E-state index is 14.1. The van der Waals surface area contributed by atoms with Crippen LogP contribution in [0.5, 0.6) is 5.75 Å². The van der Waals surface area contributed by atoms with E-state index in [9.17, 15) is 32.3 Å². The number of fused-ring (bicyclic) bond motifs is 1. The highest BCUT2D eigenvalue weighted by Crippen LogP contribution is 2.40. The van der Waals surface area contributed by atoms with Crippen molar-refractivity contribution in [2.75, 3.05) is 13.7 Å². The molecule has 1 unspecified atom stereocenters. The van der Waals surface area contributed by atoms with Crippen molar-refractivity contribution in [2.45, 2.75) is 11.8 Å². The molecule has 194 valence electrons. The molecule has 2 heterocycles. The van der Waals surface area contributed by atoms with E-state index in [1.165, 1.54) is 43.0 Å². The molecule has 4 aromatic rings. The van der Waals surface area contributed by atoms with Crippen LogP contribution >= 0.6 is 11.6 Å². The molecule has 0 saturated heterocycles. The zero-order valence-corrected chi connectivity index (χ0v) is 20.0. The molecule has 8 nitrogen and oxygen atoms in total. The van der Waals surface area contributed by atoms with Gasteiger partial charge in [-0.1, -0.05) is 11.6 Å². The topological polar surface area (TPSA) is 109 Å². The second kappa shape index (κ2) is 9.52. The first-order valence-electron chi connectivity index (χ1n) is 10.6. The summed E-state index contributed by atoms with van der Waals surface area (Å²) in [5.74, 6) is -1.62. The Morgan fingerprint density at radius 1 is 1.19 bits per heavy atom. The number of aliphatic hydroxyl groups is 1. The summed E-state index contributed by atoms with van der Waals surface area (Å²) in [6, 6.07) is 9.58. The van der Waals surface area contributed by atoms with E-state index < -0.39 is 41.4 Å². The van der Waals surface area contributed by atoms with E-state index in [0.717, 1.165) is 24.3 Å². The van der Waals surface area contributed by atoms with Crippen LogP contribution in [0.3, 0.4) is 0 Å². The molecule has 13 heteroatoms. The Balaban J connectivity index is 1.69. The average Bonchev–Trinajstić information content (AvgIpc) is 3.15. The molecule has 2 aromatic carbocycles. The molecule has 3 N–H and O–H groups in total. The zero-order chi connectivity index (χ0) is 27.1. The van der Waals surface area contributed by atoms with Crippen molar-refractivity contribution >= 4 is 28.5 Å². The summed E-state index contributed by atoms with van der Waals surface area (Å²) in [6.07, 6.45) is -5.26. The maximum absolute atomic E-state index is 14.1. The summed E-state index contributed by atoms with van der Waals surface area (Å²) >= 11 is 5.81. The molecular formula is C24H19ClF4N4O4. The van der Waals surface area contributed by atoms with E-state index in [1.807, 2.05) is 0 Å². The lowest BCUT2D eigenvalue weighted by atomic mass is 9.96. The molecule has 0 aliphatic heterocycles. The van der Waals surface area contributed by atoms with Gasteiger partial charge < -0.3 is 20.1 Å². The van der Waals surface area contributed by atoms with Crippen molar-refractivity contribution in [1.29, 1.82) is 0 Å². The molecule has 0 bridgehead atoms. The molecule has 1 atom stereocenters. The lowest BCUT2D eigenvalue weighted by molar-refractivity contribution is -0.265. The number of nitrogens with zero attached hydrogens (tertiary/aromatic N) is 2. The van der Waals surface area contributed by atoms with Crippen LogP contribution in [0, 0.1) is 5.82 Å². The zero-order valence-electron chi connectivity index (χ0n) is 19.3. The normalized spacial score (nSPS) is 13.4. The van der Waals surface area contributed by atoms with Gasteiger partial charge in [0.25, 0.3) is 5.91 Å².